The van der Waals surface area contributed by atoms with Crippen LogP contribution in [0.2, 0.25) is 15.1 Å². The van der Waals surface area contributed by atoms with Gasteiger partial charge >= 0.3 is 0 Å². The largest absolute Gasteiger partial charge is 0.345 e. The van der Waals surface area contributed by atoms with Gasteiger partial charge in [-0.25, -0.2) is 4.39 Å². The van der Waals surface area contributed by atoms with E-state index in [0.29, 0.717) is 22.7 Å². The van der Waals surface area contributed by atoms with Crippen molar-refractivity contribution in [1.29, 1.82) is 0 Å². The number of nitrogens with one attached hydrogen (secondary N) is 1. The van der Waals surface area contributed by atoms with Gasteiger partial charge in [-0.15, -0.1) is 0 Å². The molecule has 0 aliphatic rings. The molecule has 0 radical (unpaired) electrons. The van der Waals surface area contributed by atoms with Crippen LogP contribution in [0.3, 0.4) is 0 Å². The molecule has 0 aliphatic carbocycles. The molecule has 3 aromatic rings. The number of amides is 1. The van der Waals surface area contributed by atoms with Crippen LogP contribution in [0.15, 0.2) is 48.8 Å². The fraction of sp³-hybridized carbons (Fsp3) is 0.158. The molecule has 3 rings (SSSR count). The molecule has 2 aromatic carbocycles. The number of benzene rings is 2. The number of carbonyl (C=O) groups excluding carboxylic acids is 1. The highest BCUT2D eigenvalue weighted by atomic mass is 35.5. The molecule has 1 N–H and O–H groups in total. The summed E-state index contributed by atoms with van der Waals surface area (Å²) in [4.78, 5) is 12.5. The summed E-state index contributed by atoms with van der Waals surface area (Å²) in [5.74, 6) is -0.941. The molecule has 140 valence electrons. The van der Waals surface area contributed by atoms with Crippen molar-refractivity contribution in [2.24, 2.45) is 0 Å². The van der Waals surface area contributed by atoms with Gasteiger partial charge in [0.25, 0.3) is 5.91 Å². The molecule has 1 unspecified atom stereocenters. The van der Waals surface area contributed by atoms with E-state index < -0.39 is 11.9 Å². The van der Waals surface area contributed by atoms with E-state index in [-0.39, 0.29) is 16.0 Å². The highest BCUT2D eigenvalue weighted by molar-refractivity contribution is 6.35. The summed E-state index contributed by atoms with van der Waals surface area (Å²) in [5.41, 5.74) is 1.71. The van der Waals surface area contributed by atoms with Crippen LogP contribution in [0, 0.1) is 5.82 Å². The number of aromatic nitrogens is 2. The lowest BCUT2D eigenvalue weighted by Gasteiger charge is -2.15. The smallest absolute Gasteiger partial charge is 0.254 e. The van der Waals surface area contributed by atoms with Gasteiger partial charge in [-0.1, -0.05) is 53.0 Å². The summed E-state index contributed by atoms with van der Waals surface area (Å²) in [7, 11) is 0. The fourth-order valence-corrected chi connectivity index (χ4v) is 3.34. The van der Waals surface area contributed by atoms with Crippen molar-refractivity contribution in [2.45, 2.75) is 19.5 Å². The van der Waals surface area contributed by atoms with E-state index in [4.69, 9.17) is 34.8 Å². The summed E-state index contributed by atoms with van der Waals surface area (Å²) < 4.78 is 15.3. The van der Waals surface area contributed by atoms with Gasteiger partial charge in [-0.05, 0) is 36.2 Å². The van der Waals surface area contributed by atoms with E-state index in [9.17, 15) is 9.18 Å². The average molecular weight is 427 g/mol. The van der Waals surface area contributed by atoms with Crippen LogP contribution in [-0.2, 0) is 6.54 Å². The second kappa shape index (κ2) is 8.30. The molecule has 0 saturated heterocycles. The topological polar surface area (TPSA) is 46.9 Å². The standard InChI is InChI=1S/C19H15Cl3FN3O/c1-11(14-6-18(23)17(22)7-16(14)21)25-19(27)13-8-24-26(10-13)9-12-4-2-3-5-15(12)20/h2-8,10-11H,9H2,1H3,(H,25,27). The molecule has 1 amide bonds. The number of hydrogen-bond acceptors (Lipinski definition) is 2. The van der Waals surface area contributed by atoms with Crippen molar-refractivity contribution in [3.8, 4) is 0 Å². The maximum atomic E-state index is 13.7. The van der Waals surface area contributed by atoms with Crippen LogP contribution < -0.4 is 5.32 Å². The molecule has 4 nitrogen and oxygen atoms in total. The maximum Gasteiger partial charge on any atom is 0.254 e. The quantitative estimate of drug-likeness (QED) is 0.546. The summed E-state index contributed by atoms with van der Waals surface area (Å²) in [6.45, 7) is 2.15. The van der Waals surface area contributed by atoms with Gasteiger partial charge in [0.15, 0.2) is 0 Å². The highest BCUT2D eigenvalue weighted by Gasteiger charge is 2.17. The first-order chi connectivity index (χ1) is 12.8. The van der Waals surface area contributed by atoms with Gasteiger partial charge in [-0.3, -0.25) is 9.48 Å². The maximum absolute atomic E-state index is 13.7. The van der Waals surface area contributed by atoms with Crippen LogP contribution in [0.4, 0.5) is 4.39 Å². The Labute approximate surface area is 170 Å². The monoisotopic (exact) mass is 425 g/mol. The van der Waals surface area contributed by atoms with Gasteiger partial charge in [0.2, 0.25) is 0 Å². The van der Waals surface area contributed by atoms with Crippen LogP contribution >= 0.6 is 34.8 Å². The summed E-state index contributed by atoms with van der Waals surface area (Å²) >= 11 is 18.0. The Hall–Kier alpha value is -2.08. The zero-order valence-corrected chi connectivity index (χ0v) is 16.5. The van der Waals surface area contributed by atoms with Crippen LogP contribution in [0.1, 0.15) is 34.5 Å². The summed E-state index contributed by atoms with van der Waals surface area (Å²) in [6.07, 6.45) is 3.08. The summed E-state index contributed by atoms with van der Waals surface area (Å²) in [6, 6.07) is 9.44. The predicted octanol–water partition coefficient (Wildman–Crippen LogP) is 5.52. The van der Waals surface area contributed by atoms with Gasteiger partial charge in [0.05, 0.1) is 29.4 Å². The molecule has 0 saturated carbocycles. The van der Waals surface area contributed by atoms with Gasteiger partial charge in [-0.2, -0.15) is 5.10 Å². The Balaban J connectivity index is 1.71. The molecule has 8 heteroatoms. The Bertz CT molecular complexity index is 990. The predicted molar refractivity (Wildman–Crippen MR) is 105 cm³/mol. The average Bonchev–Trinajstić information content (AvgIpc) is 3.09. The van der Waals surface area contributed by atoms with E-state index in [0.717, 1.165) is 5.56 Å². The van der Waals surface area contributed by atoms with Gasteiger partial charge < -0.3 is 5.32 Å². The second-order valence-corrected chi connectivity index (χ2v) is 7.22. The molecule has 0 bridgehead atoms. The number of carbonyl (C=O) groups is 1. The Morgan fingerprint density at radius 2 is 1.93 bits per heavy atom. The minimum Gasteiger partial charge on any atom is -0.345 e. The van der Waals surface area contributed by atoms with Crippen molar-refractivity contribution in [3.05, 3.63) is 86.4 Å². The lowest BCUT2D eigenvalue weighted by atomic mass is 10.1. The number of rotatable bonds is 5. The van der Waals surface area contributed by atoms with Crippen LogP contribution in [-0.4, -0.2) is 15.7 Å². The van der Waals surface area contributed by atoms with Crippen molar-refractivity contribution in [3.63, 3.8) is 0 Å². The normalized spacial score (nSPS) is 12.0. The lowest BCUT2D eigenvalue weighted by Crippen LogP contribution is -2.26. The second-order valence-electron chi connectivity index (χ2n) is 6.00. The fourth-order valence-electron chi connectivity index (χ4n) is 2.60. The third-order valence-corrected chi connectivity index (χ3v) is 5.03. The molecule has 1 heterocycles. The SMILES string of the molecule is CC(NC(=O)c1cnn(Cc2ccccc2Cl)c1)c1cc(F)c(Cl)cc1Cl. The number of nitrogens with zero attached hydrogens (tertiary/aromatic N) is 2. The zero-order chi connectivity index (χ0) is 19.6. The molecule has 27 heavy (non-hydrogen) atoms. The third-order valence-electron chi connectivity index (χ3n) is 4.04. The minimum atomic E-state index is -0.593. The highest BCUT2D eigenvalue weighted by Crippen LogP contribution is 2.28. The third kappa shape index (κ3) is 4.61. The van der Waals surface area contributed by atoms with Crippen molar-refractivity contribution < 1.29 is 9.18 Å². The molecule has 1 aromatic heterocycles. The Morgan fingerprint density at radius 3 is 2.67 bits per heavy atom. The first kappa shape index (κ1) is 19.7. The minimum absolute atomic E-state index is 0.0666. The van der Waals surface area contributed by atoms with Crippen molar-refractivity contribution in [1.82, 2.24) is 15.1 Å². The molecule has 1 atom stereocenters. The molecule has 0 spiro atoms. The van der Waals surface area contributed by atoms with E-state index >= 15 is 0 Å². The summed E-state index contributed by atoms with van der Waals surface area (Å²) in [5, 5.41) is 7.81. The molecular formula is C19H15Cl3FN3O. The van der Waals surface area contributed by atoms with Crippen LogP contribution in [0.5, 0.6) is 0 Å². The zero-order valence-electron chi connectivity index (χ0n) is 14.2. The van der Waals surface area contributed by atoms with Crippen LogP contribution in [0.25, 0.3) is 0 Å². The van der Waals surface area contributed by atoms with E-state index in [1.165, 1.54) is 18.3 Å². The van der Waals surface area contributed by atoms with Gasteiger partial charge in [0.1, 0.15) is 5.82 Å². The molecular weight excluding hydrogens is 412 g/mol. The number of halogens is 4. The van der Waals surface area contributed by atoms with Crippen molar-refractivity contribution in [2.75, 3.05) is 0 Å². The Morgan fingerprint density at radius 1 is 1.19 bits per heavy atom. The Kier molecular flexibility index (Phi) is 6.05. The van der Waals surface area contributed by atoms with Crippen molar-refractivity contribution >= 4 is 40.7 Å². The van der Waals surface area contributed by atoms with Gasteiger partial charge in [0, 0.05) is 16.2 Å². The number of hydrogen-bond donors (Lipinski definition) is 1. The molecule has 0 fully saturated rings. The first-order valence-corrected chi connectivity index (χ1v) is 9.19. The first-order valence-electron chi connectivity index (χ1n) is 8.06. The molecule has 0 aliphatic heterocycles. The van der Waals surface area contributed by atoms with E-state index in [2.05, 4.69) is 10.4 Å². The van der Waals surface area contributed by atoms with E-state index in [1.807, 2.05) is 18.2 Å². The lowest BCUT2D eigenvalue weighted by molar-refractivity contribution is 0.0939. The van der Waals surface area contributed by atoms with E-state index in [1.54, 1.807) is 23.9 Å².